The van der Waals surface area contributed by atoms with Crippen LogP contribution in [0.3, 0.4) is 0 Å². The van der Waals surface area contributed by atoms with E-state index in [0.717, 1.165) is 50.5 Å². The Labute approximate surface area is 206 Å². The first kappa shape index (κ1) is 24.8. The Morgan fingerprint density at radius 1 is 1.06 bits per heavy atom. The molecule has 2 aliphatic heterocycles. The number of ether oxygens (including phenoxy) is 3. The molecule has 0 aromatic carbocycles. The fourth-order valence-corrected chi connectivity index (χ4v) is 8.80. The second-order valence-electron chi connectivity index (χ2n) is 13.0. The molecule has 5 aliphatic rings. The Morgan fingerprint density at radius 2 is 1.85 bits per heavy atom. The summed E-state index contributed by atoms with van der Waals surface area (Å²) in [7, 11) is 0. The third kappa shape index (κ3) is 3.98. The highest BCUT2D eigenvalue weighted by atomic mass is 16.7. The normalized spacial score (nSPS) is 50.1. The second kappa shape index (κ2) is 8.88. The summed E-state index contributed by atoms with van der Waals surface area (Å²) in [5, 5.41) is 12.2. The summed E-state index contributed by atoms with van der Waals surface area (Å²) in [6, 6.07) is 0. The predicted octanol–water partition coefficient (Wildman–Crippen LogP) is 5.79. The first-order valence-corrected chi connectivity index (χ1v) is 13.9. The van der Waals surface area contributed by atoms with E-state index < -0.39 is 5.60 Å². The molecule has 10 unspecified atom stereocenters. The number of aliphatic hydroxyl groups is 1. The zero-order valence-electron chi connectivity index (χ0n) is 22.0. The van der Waals surface area contributed by atoms with Gasteiger partial charge in [0, 0.05) is 11.5 Å². The van der Waals surface area contributed by atoms with Crippen LogP contribution >= 0.6 is 0 Å². The molecule has 192 valence electrons. The topological polar surface area (TPSA) is 65.0 Å². The number of carbonyl (C=O) groups is 1. The Bertz CT molecular complexity index is 819. The number of carbonyl (C=O) groups excluding carboxylic acids is 1. The molecule has 10 atom stereocenters. The highest BCUT2D eigenvalue weighted by Crippen LogP contribution is 2.66. The molecule has 0 radical (unpaired) electrons. The Kier molecular flexibility index (Phi) is 6.47. The maximum absolute atomic E-state index is 12.2. The molecule has 3 saturated carbocycles. The minimum absolute atomic E-state index is 0.0205. The van der Waals surface area contributed by atoms with E-state index in [1.54, 1.807) is 6.08 Å². The summed E-state index contributed by atoms with van der Waals surface area (Å²) < 4.78 is 17.8. The molecule has 5 nitrogen and oxygen atoms in total. The summed E-state index contributed by atoms with van der Waals surface area (Å²) >= 11 is 0. The van der Waals surface area contributed by atoms with Gasteiger partial charge in [-0.1, -0.05) is 20.8 Å². The van der Waals surface area contributed by atoms with E-state index in [1.165, 1.54) is 19.3 Å². The van der Waals surface area contributed by atoms with Gasteiger partial charge < -0.3 is 19.3 Å². The van der Waals surface area contributed by atoms with Crippen LogP contribution in [-0.4, -0.2) is 41.8 Å². The minimum Gasteiger partial charge on any atom is -0.458 e. The summed E-state index contributed by atoms with van der Waals surface area (Å²) in [4.78, 5) is 11.7. The molecule has 5 rings (SSSR count). The summed E-state index contributed by atoms with van der Waals surface area (Å²) in [6.07, 6.45) is 13.5. The van der Waals surface area contributed by atoms with E-state index in [1.807, 2.05) is 0 Å². The number of cyclic esters (lactones) is 1. The lowest BCUT2D eigenvalue weighted by Crippen LogP contribution is -2.63. The molecular formula is C29H46O5. The molecule has 3 aliphatic carbocycles. The van der Waals surface area contributed by atoms with Gasteiger partial charge in [-0.3, -0.25) is 0 Å². The van der Waals surface area contributed by atoms with E-state index in [0.29, 0.717) is 36.6 Å². The van der Waals surface area contributed by atoms with Crippen LogP contribution in [0.25, 0.3) is 0 Å². The van der Waals surface area contributed by atoms with Crippen molar-refractivity contribution in [3.05, 3.63) is 11.6 Å². The average molecular weight is 475 g/mol. The first-order valence-electron chi connectivity index (χ1n) is 13.9. The third-order valence-corrected chi connectivity index (χ3v) is 11.5. The number of fused-ring (bicyclic) bond motifs is 3. The van der Waals surface area contributed by atoms with Crippen LogP contribution in [0.2, 0.25) is 0 Å². The molecular weight excluding hydrogens is 428 g/mol. The molecule has 0 amide bonds. The summed E-state index contributed by atoms with van der Waals surface area (Å²) in [5.41, 5.74) is 0.286. The molecule has 0 spiro atoms. The van der Waals surface area contributed by atoms with Crippen molar-refractivity contribution in [1.82, 2.24) is 0 Å². The SMILES string of the molecule is CC1CCCC(OC2CCC3(C)C(CCC4C3CCC(C)(C(C)C3=CC(=O)OC3)C4(C)O)C2)O1. The van der Waals surface area contributed by atoms with E-state index in [-0.39, 0.29) is 29.0 Å². The van der Waals surface area contributed by atoms with Crippen molar-refractivity contribution in [2.24, 2.45) is 34.5 Å². The first-order chi connectivity index (χ1) is 16.0. The highest BCUT2D eigenvalue weighted by molar-refractivity contribution is 5.85. The van der Waals surface area contributed by atoms with Crippen LogP contribution in [0.1, 0.15) is 98.8 Å². The van der Waals surface area contributed by atoms with E-state index >= 15 is 0 Å². The zero-order chi connectivity index (χ0) is 24.3. The molecule has 0 aromatic heterocycles. The molecule has 4 fully saturated rings. The standard InChI is InChI=1S/C29H46O5/c1-18-7-6-8-26(33-18)34-22-11-13-27(3)21(16-22)9-10-24-23(27)12-14-28(4,29(24,5)31)19(2)20-15-25(30)32-17-20/h15,18-19,21-24,26,31H,6-14,16-17H2,1-5H3. The number of rotatable bonds is 4. The molecule has 1 N–H and O–H groups in total. The lowest BCUT2D eigenvalue weighted by molar-refractivity contribution is -0.241. The highest BCUT2D eigenvalue weighted by Gasteiger charge is 2.63. The van der Waals surface area contributed by atoms with E-state index in [4.69, 9.17) is 14.2 Å². The largest absolute Gasteiger partial charge is 0.458 e. The predicted molar refractivity (Wildman–Crippen MR) is 131 cm³/mol. The maximum atomic E-state index is 12.2. The van der Waals surface area contributed by atoms with Gasteiger partial charge in [0.15, 0.2) is 6.29 Å². The zero-order valence-corrected chi connectivity index (χ0v) is 22.0. The van der Waals surface area contributed by atoms with Crippen molar-refractivity contribution >= 4 is 5.97 Å². The third-order valence-electron chi connectivity index (χ3n) is 11.5. The van der Waals surface area contributed by atoms with Crippen molar-refractivity contribution in [2.75, 3.05) is 6.61 Å². The monoisotopic (exact) mass is 474 g/mol. The molecule has 1 saturated heterocycles. The lowest BCUT2D eigenvalue weighted by atomic mass is 9.42. The van der Waals surface area contributed by atoms with Crippen molar-refractivity contribution < 1.29 is 24.1 Å². The summed E-state index contributed by atoms with van der Waals surface area (Å²) in [5.74, 6) is 1.40. The fourth-order valence-electron chi connectivity index (χ4n) is 8.80. The second-order valence-corrected chi connectivity index (χ2v) is 13.0. The molecule has 34 heavy (non-hydrogen) atoms. The van der Waals surface area contributed by atoms with Crippen LogP contribution in [-0.2, 0) is 19.0 Å². The van der Waals surface area contributed by atoms with Crippen LogP contribution < -0.4 is 0 Å². The molecule has 2 heterocycles. The smallest absolute Gasteiger partial charge is 0.331 e. The van der Waals surface area contributed by atoms with Gasteiger partial charge in [-0.05, 0) is 113 Å². The number of hydrogen-bond donors (Lipinski definition) is 1. The molecule has 0 bridgehead atoms. The average Bonchev–Trinajstić information content (AvgIpc) is 3.22. The van der Waals surface area contributed by atoms with Crippen molar-refractivity contribution in [1.29, 1.82) is 0 Å². The number of hydrogen-bond acceptors (Lipinski definition) is 5. The van der Waals surface area contributed by atoms with Crippen molar-refractivity contribution in [3.8, 4) is 0 Å². The Morgan fingerprint density at radius 3 is 2.56 bits per heavy atom. The van der Waals surface area contributed by atoms with Crippen LogP contribution in [0.5, 0.6) is 0 Å². The summed E-state index contributed by atoms with van der Waals surface area (Å²) in [6.45, 7) is 11.6. The van der Waals surface area contributed by atoms with Crippen molar-refractivity contribution in [3.63, 3.8) is 0 Å². The van der Waals surface area contributed by atoms with Crippen LogP contribution in [0, 0.1) is 34.5 Å². The lowest BCUT2D eigenvalue weighted by Gasteiger charge is -2.65. The minimum atomic E-state index is -0.769. The number of esters is 1. The quantitative estimate of drug-likeness (QED) is 0.413. The Balaban J connectivity index is 1.29. The van der Waals surface area contributed by atoms with Crippen LogP contribution in [0.15, 0.2) is 11.6 Å². The maximum Gasteiger partial charge on any atom is 0.331 e. The van der Waals surface area contributed by atoms with Gasteiger partial charge in [0.25, 0.3) is 0 Å². The van der Waals surface area contributed by atoms with Gasteiger partial charge in [0.2, 0.25) is 0 Å². The van der Waals surface area contributed by atoms with E-state index in [9.17, 15) is 9.90 Å². The van der Waals surface area contributed by atoms with Gasteiger partial charge in [0.1, 0.15) is 6.61 Å². The van der Waals surface area contributed by atoms with Gasteiger partial charge in [-0.25, -0.2) is 4.79 Å². The Hall–Kier alpha value is -0.910. The molecule has 0 aromatic rings. The van der Waals surface area contributed by atoms with Crippen molar-refractivity contribution in [2.45, 2.75) is 123 Å². The van der Waals surface area contributed by atoms with E-state index in [2.05, 4.69) is 34.6 Å². The fraction of sp³-hybridized carbons (Fsp3) is 0.897. The van der Waals surface area contributed by atoms with Crippen LogP contribution in [0.4, 0.5) is 0 Å². The van der Waals surface area contributed by atoms with Gasteiger partial charge in [-0.15, -0.1) is 0 Å². The van der Waals surface area contributed by atoms with Gasteiger partial charge >= 0.3 is 5.97 Å². The van der Waals surface area contributed by atoms with Gasteiger partial charge in [-0.2, -0.15) is 0 Å². The van der Waals surface area contributed by atoms with Gasteiger partial charge in [0.05, 0.1) is 17.8 Å². The molecule has 5 heteroatoms.